The molecular formula is C22H19ClN4O3. The van der Waals surface area contributed by atoms with Crippen molar-refractivity contribution in [3.8, 4) is 11.5 Å². The van der Waals surface area contributed by atoms with E-state index in [9.17, 15) is 4.79 Å². The number of hydrogen-bond donors (Lipinski definition) is 0. The lowest BCUT2D eigenvalue weighted by molar-refractivity contribution is 0.203. The van der Waals surface area contributed by atoms with Crippen molar-refractivity contribution >= 4 is 34.5 Å². The van der Waals surface area contributed by atoms with Gasteiger partial charge in [-0.2, -0.15) is 0 Å². The summed E-state index contributed by atoms with van der Waals surface area (Å²) in [4.78, 5) is 22.3. The first-order chi connectivity index (χ1) is 15.8. The molecule has 0 bridgehead atoms. The molecule has 2 aromatic carbocycles. The van der Waals surface area contributed by atoms with Crippen LogP contribution in [0.2, 0.25) is 5.15 Å². The molecular weight excluding hydrogens is 404 g/mol. The number of nitrogens with zero attached hydrogens (tertiary/aromatic N) is 4. The van der Waals surface area contributed by atoms with Crippen LogP contribution in [-0.4, -0.2) is 34.7 Å². The van der Waals surface area contributed by atoms with Crippen LogP contribution >= 0.6 is 11.6 Å². The number of hydrogen-bond acceptors (Lipinski definition) is 6. The van der Waals surface area contributed by atoms with E-state index in [1.54, 1.807) is 61.7 Å². The first-order valence-electron chi connectivity index (χ1n) is 10.5. The van der Waals surface area contributed by atoms with Gasteiger partial charge in [-0.1, -0.05) is 41.9 Å². The van der Waals surface area contributed by atoms with E-state index in [0.717, 1.165) is 10.1 Å². The number of methoxy groups -OCH3 is 1. The van der Waals surface area contributed by atoms with Gasteiger partial charge in [0.1, 0.15) is 28.5 Å². The largest absolute Gasteiger partial charge is 0.497 e. The second kappa shape index (κ2) is 8.42. The normalized spacial score (nSPS) is 12.7. The van der Waals surface area contributed by atoms with Crippen LogP contribution in [0.25, 0.3) is 11.2 Å². The molecule has 0 unspecified atom stereocenters. The molecule has 152 valence electrons. The van der Waals surface area contributed by atoms with Crippen molar-refractivity contribution in [2.75, 3.05) is 19.0 Å². The zero-order valence-corrected chi connectivity index (χ0v) is 16.7. The summed E-state index contributed by atoms with van der Waals surface area (Å²) in [6.07, 6.45) is 0.480. The molecule has 0 N–H and O–H groups in total. The minimum absolute atomic E-state index is 0.00995. The lowest BCUT2D eigenvalue weighted by atomic mass is 10.2. The Balaban J connectivity index is 1.74. The Morgan fingerprint density at radius 3 is 2.63 bits per heavy atom. The van der Waals surface area contributed by atoms with E-state index in [1.807, 2.05) is 0 Å². The number of fused-ring (bicyclic) bond motifs is 1. The smallest absolute Gasteiger partial charge is 0.426 e. The van der Waals surface area contributed by atoms with Gasteiger partial charge in [0.05, 0.1) is 12.8 Å². The van der Waals surface area contributed by atoms with Crippen molar-refractivity contribution in [3.05, 3.63) is 77.7 Å². The Bertz CT molecular complexity index is 1280. The Hall–Kier alpha value is -3.58. The molecule has 0 radical (unpaired) electrons. The molecule has 8 heteroatoms. The Labute approximate surface area is 182 Å². The van der Waals surface area contributed by atoms with Crippen LogP contribution in [0.1, 0.15) is 9.68 Å². The van der Waals surface area contributed by atoms with Crippen molar-refractivity contribution < 1.29 is 18.4 Å². The molecule has 4 rings (SSSR count). The number of benzene rings is 2. The maximum atomic E-state index is 12.7. The quantitative estimate of drug-likeness (QED) is 0.429. The van der Waals surface area contributed by atoms with Gasteiger partial charge in [-0.25, -0.2) is 19.3 Å². The fourth-order valence-corrected chi connectivity index (χ4v) is 3.10. The molecule has 0 saturated heterocycles. The third kappa shape index (κ3) is 4.06. The average Bonchev–Trinajstić information content (AvgIpc) is 3.21. The first kappa shape index (κ1) is 16.2. The van der Waals surface area contributed by atoms with Gasteiger partial charge < -0.3 is 14.4 Å². The van der Waals surface area contributed by atoms with Crippen LogP contribution in [0.4, 0.5) is 10.5 Å². The maximum absolute atomic E-state index is 12.7. The van der Waals surface area contributed by atoms with Crippen LogP contribution in [-0.2, 0) is 6.54 Å². The highest BCUT2D eigenvalue weighted by atomic mass is 35.5. The summed E-state index contributed by atoms with van der Waals surface area (Å²) in [6.45, 7) is -2.48. The van der Waals surface area contributed by atoms with Gasteiger partial charge in [0.25, 0.3) is 0 Å². The lowest BCUT2D eigenvalue weighted by Gasteiger charge is -2.20. The number of pyridine rings is 1. The standard InChI is InChI=1S/C22H19ClN4O3/c1-26(13-15-8-10-16(29-2)11-9-15)18-12-19(23)25-21-20(18)24-14-27(21)22(28)30-17-6-4-3-5-7-17/h3-12,14H,13H2,1-2H3/i1D3. The van der Waals surface area contributed by atoms with E-state index < -0.39 is 13.1 Å². The molecule has 0 fully saturated rings. The monoisotopic (exact) mass is 425 g/mol. The molecule has 0 amide bonds. The summed E-state index contributed by atoms with van der Waals surface area (Å²) >= 11 is 6.22. The number of halogens is 1. The molecule has 0 saturated carbocycles. The number of carbonyl (C=O) groups is 1. The van der Waals surface area contributed by atoms with E-state index in [-0.39, 0.29) is 28.5 Å². The average molecular weight is 426 g/mol. The molecule has 7 nitrogen and oxygen atoms in total. The first-order valence-corrected chi connectivity index (χ1v) is 9.35. The van der Waals surface area contributed by atoms with Gasteiger partial charge in [0.15, 0.2) is 5.65 Å². The number of aromatic nitrogens is 3. The van der Waals surface area contributed by atoms with Crippen molar-refractivity contribution in [2.45, 2.75) is 6.54 Å². The summed E-state index contributed by atoms with van der Waals surface area (Å²) in [5.41, 5.74) is 1.24. The number of ether oxygens (including phenoxy) is 2. The molecule has 0 aliphatic heterocycles. The summed E-state index contributed by atoms with van der Waals surface area (Å²) in [7, 11) is 1.55. The molecule has 0 aliphatic rings. The Morgan fingerprint density at radius 1 is 1.17 bits per heavy atom. The summed E-state index contributed by atoms with van der Waals surface area (Å²) in [5, 5.41) is 0.00995. The zero-order chi connectivity index (χ0) is 23.6. The third-order valence-electron chi connectivity index (χ3n) is 4.39. The van der Waals surface area contributed by atoms with Crippen LogP contribution in [0, 0.1) is 0 Å². The zero-order valence-electron chi connectivity index (χ0n) is 18.9. The SMILES string of the molecule is [2H]C([2H])([2H])N(Cc1ccc(OC)cc1)c1cc(Cl)nc2c1ncn2C(=O)Oc1ccccc1. The highest BCUT2D eigenvalue weighted by molar-refractivity contribution is 6.30. The van der Waals surface area contributed by atoms with Gasteiger partial charge in [-0.3, -0.25) is 0 Å². The second-order valence-electron chi connectivity index (χ2n) is 6.37. The number of imidazole rings is 1. The fourth-order valence-electron chi connectivity index (χ4n) is 2.92. The van der Waals surface area contributed by atoms with Crippen LogP contribution in [0.3, 0.4) is 0 Å². The van der Waals surface area contributed by atoms with Gasteiger partial charge >= 0.3 is 6.09 Å². The van der Waals surface area contributed by atoms with Crippen LogP contribution in [0.15, 0.2) is 67.0 Å². The maximum Gasteiger partial charge on any atom is 0.426 e. The van der Waals surface area contributed by atoms with Gasteiger partial charge in [0.2, 0.25) is 0 Å². The van der Waals surface area contributed by atoms with Crippen molar-refractivity contribution in [1.82, 2.24) is 14.5 Å². The predicted molar refractivity (Wildman–Crippen MR) is 116 cm³/mol. The lowest BCUT2D eigenvalue weighted by Crippen LogP contribution is -2.18. The highest BCUT2D eigenvalue weighted by Gasteiger charge is 2.19. The third-order valence-corrected chi connectivity index (χ3v) is 4.58. The molecule has 0 aliphatic carbocycles. The number of para-hydroxylation sites is 1. The van der Waals surface area contributed by atoms with E-state index in [1.165, 1.54) is 17.3 Å². The molecule has 30 heavy (non-hydrogen) atoms. The molecule has 0 atom stereocenters. The number of anilines is 1. The van der Waals surface area contributed by atoms with Crippen LogP contribution in [0.5, 0.6) is 11.5 Å². The molecule has 2 heterocycles. The van der Waals surface area contributed by atoms with E-state index in [0.29, 0.717) is 11.5 Å². The van der Waals surface area contributed by atoms with E-state index >= 15 is 0 Å². The van der Waals surface area contributed by atoms with Crippen molar-refractivity contribution in [3.63, 3.8) is 0 Å². The Kier molecular flexibility index (Phi) is 4.56. The topological polar surface area (TPSA) is 69.5 Å². The van der Waals surface area contributed by atoms with Gasteiger partial charge in [-0.05, 0) is 29.8 Å². The molecule has 0 spiro atoms. The Morgan fingerprint density at radius 2 is 1.93 bits per heavy atom. The van der Waals surface area contributed by atoms with E-state index in [2.05, 4.69) is 9.97 Å². The van der Waals surface area contributed by atoms with Crippen molar-refractivity contribution in [2.24, 2.45) is 0 Å². The van der Waals surface area contributed by atoms with Gasteiger partial charge in [-0.15, -0.1) is 0 Å². The summed E-state index contributed by atoms with van der Waals surface area (Å²) < 4.78 is 35.9. The van der Waals surface area contributed by atoms with Crippen LogP contribution < -0.4 is 14.4 Å². The predicted octanol–water partition coefficient (Wildman–Crippen LogP) is 4.78. The molecule has 4 aromatic rings. The fraction of sp³-hybridized carbons (Fsp3) is 0.136. The number of carbonyl (C=O) groups excluding carboxylic acids is 1. The summed E-state index contributed by atoms with van der Waals surface area (Å²) in [5.74, 6) is 0.999. The minimum Gasteiger partial charge on any atom is -0.497 e. The van der Waals surface area contributed by atoms with Crippen molar-refractivity contribution in [1.29, 1.82) is 0 Å². The highest BCUT2D eigenvalue weighted by Crippen LogP contribution is 2.28. The summed E-state index contributed by atoms with van der Waals surface area (Å²) in [6, 6.07) is 17.0. The molecule has 2 aromatic heterocycles. The van der Waals surface area contributed by atoms with E-state index in [4.69, 9.17) is 25.2 Å². The second-order valence-corrected chi connectivity index (χ2v) is 6.75. The van der Waals surface area contributed by atoms with Gasteiger partial charge in [0, 0.05) is 23.7 Å². The number of rotatable bonds is 5. The minimum atomic E-state index is -2.52.